The molecule has 126 valence electrons. The fraction of sp³-hybridized carbons (Fsp3) is 0. The van der Waals surface area contributed by atoms with Gasteiger partial charge in [-0.25, -0.2) is 4.98 Å². The quantitative estimate of drug-likeness (QED) is 0.504. The highest BCUT2D eigenvalue weighted by Gasteiger charge is 2.11. The molecular weight excluding hydrogens is 344 g/mol. The summed E-state index contributed by atoms with van der Waals surface area (Å²) in [7, 11) is 0. The second-order valence-electron chi connectivity index (χ2n) is 5.85. The summed E-state index contributed by atoms with van der Waals surface area (Å²) in [6, 6.07) is 24.6. The number of fused-ring (bicyclic) bond motifs is 1. The number of hydrogen-bond donors (Lipinski definition) is 0. The third-order valence-electron chi connectivity index (χ3n) is 4.10. The van der Waals surface area contributed by atoms with Crippen molar-refractivity contribution in [3.8, 4) is 5.69 Å². The van der Waals surface area contributed by atoms with Gasteiger partial charge in [0.1, 0.15) is 5.82 Å². The van der Waals surface area contributed by atoms with Crippen LogP contribution in [0.4, 0.5) is 0 Å². The van der Waals surface area contributed by atoms with E-state index in [-0.39, 0.29) is 5.56 Å². The van der Waals surface area contributed by atoms with Crippen molar-refractivity contribution in [1.29, 1.82) is 0 Å². The van der Waals surface area contributed by atoms with Crippen molar-refractivity contribution in [3.05, 3.63) is 106 Å². The van der Waals surface area contributed by atoms with Crippen LogP contribution in [-0.4, -0.2) is 9.55 Å². The molecule has 0 saturated carbocycles. The third kappa shape index (κ3) is 3.17. The monoisotopic (exact) mass is 358 g/mol. The van der Waals surface area contributed by atoms with Crippen LogP contribution in [0.3, 0.4) is 0 Å². The second-order valence-corrected chi connectivity index (χ2v) is 6.29. The van der Waals surface area contributed by atoms with Gasteiger partial charge in [0.15, 0.2) is 0 Å². The zero-order valence-electron chi connectivity index (χ0n) is 13.8. The van der Waals surface area contributed by atoms with E-state index in [2.05, 4.69) is 4.98 Å². The van der Waals surface area contributed by atoms with E-state index in [4.69, 9.17) is 11.6 Å². The van der Waals surface area contributed by atoms with Crippen molar-refractivity contribution < 1.29 is 0 Å². The summed E-state index contributed by atoms with van der Waals surface area (Å²) in [5.74, 6) is 0.569. The van der Waals surface area contributed by atoms with Gasteiger partial charge in [0.2, 0.25) is 0 Å². The Hall–Kier alpha value is -3.17. The Balaban J connectivity index is 1.97. The van der Waals surface area contributed by atoms with Gasteiger partial charge < -0.3 is 0 Å². The maximum atomic E-state index is 13.1. The Labute approximate surface area is 155 Å². The lowest BCUT2D eigenvalue weighted by Crippen LogP contribution is -2.22. The zero-order chi connectivity index (χ0) is 17.9. The number of halogens is 1. The molecule has 4 rings (SSSR count). The van der Waals surface area contributed by atoms with Crippen molar-refractivity contribution in [2.45, 2.75) is 0 Å². The first-order chi connectivity index (χ1) is 12.7. The van der Waals surface area contributed by atoms with E-state index in [0.29, 0.717) is 21.7 Å². The molecule has 4 heteroatoms. The van der Waals surface area contributed by atoms with Crippen LogP contribution >= 0.6 is 11.6 Å². The fourth-order valence-corrected chi connectivity index (χ4v) is 3.02. The Kier molecular flexibility index (Phi) is 4.38. The van der Waals surface area contributed by atoms with Crippen molar-refractivity contribution in [1.82, 2.24) is 9.55 Å². The molecule has 0 fully saturated rings. The predicted octanol–water partition coefficient (Wildman–Crippen LogP) is 5.21. The van der Waals surface area contributed by atoms with Crippen LogP contribution in [0.5, 0.6) is 0 Å². The predicted molar refractivity (Wildman–Crippen MR) is 108 cm³/mol. The minimum atomic E-state index is -0.142. The first-order valence-corrected chi connectivity index (χ1v) is 8.61. The lowest BCUT2D eigenvalue weighted by molar-refractivity contribution is 0.944. The largest absolute Gasteiger partial charge is 0.268 e. The lowest BCUT2D eigenvalue weighted by atomic mass is 10.2. The van der Waals surface area contributed by atoms with E-state index in [0.717, 1.165) is 11.3 Å². The minimum Gasteiger partial charge on any atom is -0.268 e. The highest BCUT2D eigenvalue weighted by atomic mass is 35.5. The molecule has 3 nitrogen and oxygen atoms in total. The van der Waals surface area contributed by atoms with E-state index < -0.39 is 0 Å². The molecule has 0 saturated heterocycles. The van der Waals surface area contributed by atoms with Gasteiger partial charge in [-0.2, -0.15) is 0 Å². The van der Waals surface area contributed by atoms with E-state index in [1.807, 2.05) is 72.8 Å². The second kappa shape index (κ2) is 6.98. The van der Waals surface area contributed by atoms with Gasteiger partial charge in [0, 0.05) is 5.02 Å². The summed E-state index contributed by atoms with van der Waals surface area (Å²) in [5, 5.41) is 1.02. The van der Waals surface area contributed by atoms with Crippen molar-refractivity contribution in [2.75, 3.05) is 0 Å². The van der Waals surface area contributed by atoms with Gasteiger partial charge in [-0.15, -0.1) is 0 Å². The van der Waals surface area contributed by atoms with Gasteiger partial charge in [0.25, 0.3) is 5.56 Å². The topological polar surface area (TPSA) is 34.9 Å². The SMILES string of the molecule is O=c1c2cc(Cl)ccc2nc(/C=C/c2ccccc2)n1-c1ccccc1. The van der Waals surface area contributed by atoms with Crippen LogP contribution < -0.4 is 5.56 Å². The molecule has 0 aliphatic carbocycles. The molecule has 0 aliphatic heterocycles. The number of benzene rings is 3. The van der Waals surface area contributed by atoms with Gasteiger partial charge in [-0.3, -0.25) is 9.36 Å². The first-order valence-electron chi connectivity index (χ1n) is 8.23. The third-order valence-corrected chi connectivity index (χ3v) is 4.33. The summed E-state index contributed by atoms with van der Waals surface area (Å²) in [5.41, 5.74) is 2.29. The standard InChI is InChI=1S/C22H15ClN2O/c23-17-12-13-20-19(15-17)22(26)25(18-9-5-2-6-10-18)21(24-20)14-11-16-7-3-1-4-8-16/h1-15H/b14-11+. The number of nitrogens with zero attached hydrogens (tertiary/aromatic N) is 2. The highest BCUT2D eigenvalue weighted by molar-refractivity contribution is 6.31. The zero-order valence-corrected chi connectivity index (χ0v) is 14.6. The first kappa shape index (κ1) is 16.3. The normalized spacial score (nSPS) is 11.3. The summed E-state index contributed by atoms with van der Waals surface area (Å²) in [6.45, 7) is 0. The van der Waals surface area contributed by atoms with Gasteiger partial charge >= 0.3 is 0 Å². The van der Waals surface area contributed by atoms with Gasteiger partial charge in [-0.05, 0) is 42.0 Å². The summed E-state index contributed by atoms with van der Waals surface area (Å²) in [4.78, 5) is 17.8. The maximum absolute atomic E-state index is 13.1. The minimum absolute atomic E-state index is 0.142. The van der Waals surface area contributed by atoms with Crippen molar-refractivity contribution >= 4 is 34.7 Å². The Bertz CT molecular complexity index is 1150. The van der Waals surface area contributed by atoms with Crippen LogP contribution in [-0.2, 0) is 0 Å². The van der Waals surface area contributed by atoms with Crippen LogP contribution in [0.2, 0.25) is 5.02 Å². The molecule has 3 aromatic carbocycles. The molecule has 4 aromatic rings. The van der Waals surface area contributed by atoms with Crippen LogP contribution in [0.15, 0.2) is 83.7 Å². The smallest absolute Gasteiger partial charge is 0.266 e. The molecule has 0 aliphatic rings. The van der Waals surface area contributed by atoms with E-state index >= 15 is 0 Å². The Morgan fingerprint density at radius 2 is 1.54 bits per heavy atom. The molecule has 0 bridgehead atoms. The number of aromatic nitrogens is 2. The van der Waals surface area contributed by atoms with Gasteiger partial charge in [-0.1, -0.05) is 66.2 Å². The number of rotatable bonds is 3. The lowest BCUT2D eigenvalue weighted by Gasteiger charge is -2.11. The molecule has 0 spiro atoms. The molecule has 1 aromatic heterocycles. The summed E-state index contributed by atoms with van der Waals surface area (Å²) in [6.07, 6.45) is 3.81. The molecule has 0 radical (unpaired) electrons. The van der Waals surface area contributed by atoms with E-state index in [9.17, 15) is 4.79 Å². The Morgan fingerprint density at radius 3 is 2.27 bits per heavy atom. The van der Waals surface area contributed by atoms with E-state index in [1.165, 1.54) is 0 Å². The Morgan fingerprint density at radius 1 is 0.846 bits per heavy atom. The molecular formula is C22H15ClN2O. The average molecular weight is 359 g/mol. The van der Waals surface area contributed by atoms with Crippen LogP contribution in [0.25, 0.3) is 28.7 Å². The summed E-state index contributed by atoms with van der Waals surface area (Å²) >= 11 is 6.08. The maximum Gasteiger partial charge on any atom is 0.266 e. The van der Waals surface area contributed by atoms with Crippen molar-refractivity contribution in [3.63, 3.8) is 0 Å². The highest BCUT2D eigenvalue weighted by Crippen LogP contribution is 2.18. The average Bonchev–Trinajstić information content (AvgIpc) is 2.68. The molecule has 26 heavy (non-hydrogen) atoms. The molecule has 0 amide bonds. The fourth-order valence-electron chi connectivity index (χ4n) is 2.85. The molecule has 0 N–H and O–H groups in total. The van der Waals surface area contributed by atoms with E-state index in [1.54, 1.807) is 22.8 Å². The number of hydrogen-bond acceptors (Lipinski definition) is 2. The van der Waals surface area contributed by atoms with Crippen LogP contribution in [0.1, 0.15) is 11.4 Å². The molecule has 1 heterocycles. The summed E-state index contributed by atoms with van der Waals surface area (Å²) < 4.78 is 1.61. The number of para-hydroxylation sites is 1. The van der Waals surface area contributed by atoms with Crippen LogP contribution in [0, 0.1) is 0 Å². The molecule has 0 unspecified atom stereocenters. The molecule has 0 atom stereocenters. The van der Waals surface area contributed by atoms with Crippen molar-refractivity contribution in [2.24, 2.45) is 0 Å². The van der Waals surface area contributed by atoms with Gasteiger partial charge in [0.05, 0.1) is 16.6 Å².